The van der Waals surface area contributed by atoms with Crippen LogP contribution < -0.4 is 15.3 Å². The second kappa shape index (κ2) is 8.15. The van der Waals surface area contributed by atoms with Gasteiger partial charge >= 0.3 is 5.97 Å². The molecule has 1 heterocycles. The SMILES string of the molecule is CCOC(=O)c1ccccc1N1C(=O)C(Cl)=C(Nc2cccc(C(=O)[O-])c2)C1=O. The van der Waals surface area contributed by atoms with Crippen molar-refractivity contribution in [3.8, 4) is 0 Å². The van der Waals surface area contributed by atoms with Gasteiger partial charge in [-0.25, -0.2) is 9.69 Å². The van der Waals surface area contributed by atoms with Gasteiger partial charge in [-0.15, -0.1) is 0 Å². The zero-order valence-corrected chi connectivity index (χ0v) is 15.9. The maximum atomic E-state index is 12.9. The highest BCUT2D eigenvalue weighted by Crippen LogP contribution is 2.32. The van der Waals surface area contributed by atoms with Crippen molar-refractivity contribution in [2.24, 2.45) is 0 Å². The molecule has 1 aliphatic heterocycles. The summed E-state index contributed by atoms with van der Waals surface area (Å²) in [4.78, 5) is 49.5. The standard InChI is InChI=1S/C20H15ClN2O6/c1-2-29-20(28)13-8-3-4-9-14(13)23-17(24)15(21)16(18(23)25)22-12-7-5-6-11(10-12)19(26)27/h3-10,22H,2H2,1H3,(H,26,27)/p-1. The van der Waals surface area contributed by atoms with Gasteiger partial charge in [0.2, 0.25) is 0 Å². The fourth-order valence-electron chi connectivity index (χ4n) is 2.75. The topological polar surface area (TPSA) is 116 Å². The molecule has 0 bridgehead atoms. The number of carboxylic acids is 1. The lowest BCUT2D eigenvalue weighted by molar-refractivity contribution is -0.255. The molecule has 8 nitrogen and oxygen atoms in total. The molecule has 1 aliphatic rings. The summed E-state index contributed by atoms with van der Waals surface area (Å²) in [6.45, 7) is 1.75. The zero-order valence-electron chi connectivity index (χ0n) is 15.1. The van der Waals surface area contributed by atoms with Crippen molar-refractivity contribution in [3.63, 3.8) is 0 Å². The van der Waals surface area contributed by atoms with Crippen LogP contribution in [-0.2, 0) is 14.3 Å². The van der Waals surface area contributed by atoms with Crippen molar-refractivity contribution in [2.75, 3.05) is 16.8 Å². The van der Waals surface area contributed by atoms with Crippen molar-refractivity contribution in [1.82, 2.24) is 0 Å². The number of rotatable bonds is 6. The first-order chi connectivity index (χ1) is 13.8. The third kappa shape index (κ3) is 3.83. The van der Waals surface area contributed by atoms with Gasteiger partial charge in [-0.2, -0.15) is 0 Å². The fraction of sp³-hybridized carbons (Fsp3) is 0.100. The molecule has 1 N–H and O–H groups in total. The number of benzene rings is 2. The van der Waals surface area contributed by atoms with E-state index in [0.29, 0.717) is 0 Å². The average Bonchev–Trinajstić information content (AvgIpc) is 2.91. The Bertz CT molecular complexity index is 1060. The molecule has 0 spiro atoms. The number of amides is 2. The van der Waals surface area contributed by atoms with E-state index in [-0.39, 0.29) is 34.8 Å². The summed E-state index contributed by atoms with van der Waals surface area (Å²) < 4.78 is 4.97. The molecule has 0 atom stereocenters. The zero-order chi connectivity index (χ0) is 21.1. The number of ether oxygens (including phenoxy) is 1. The number of para-hydroxylation sites is 1. The molecule has 0 saturated carbocycles. The van der Waals surface area contributed by atoms with Crippen LogP contribution in [0.5, 0.6) is 0 Å². The van der Waals surface area contributed by atoms with Gasteiger partial charge in [-0.3, -0.25) is 9.59 Å². The van der Waals surface area contributed by atoms with Gasteiger partial charge in [-0.05, 0) is 36.8 Å². The second-order valence-electron chi connectivity index (χ2n) is 5.87. The van der Waals surface area contributed by atoms with Crippen molar-refractivity contribution in [1.29, 1.82) is 0 Å². The van der Waals surface area contributed by atoms with Crippen LogP contribution in [0.2, 0.25) is 0 Å². The Kier molecular flexibility index (Phi) is 5.65. The Balaban J connectivity index is 1.95. The molecular formula is C20H14ClN2O6-. The average molecular weight is 414 g/mol. The lowest BCUT2D eigenvalue weighted by Crippen LogP contribution is -2.33. The Hall–Kier alpha value is -3.65. The van der Waals surface area contributed by atoms with E-state index in [2.05, 4.69) is 5.32 Å². The van der Waals surface area contributed by atoms with E-state index < -0.39 is 28.8 Å². The molecule has 148 valence electrons. The summed E-state index contributed by atoms with van der Waals surface area (Å²) in [5.41, 5.74) is -0.0829. The van der Waals surface area contributed by atoms with Crippen LogP contribution in [0.1, 0.15) is 27.6 Å². The maximum absolute atomic E-state index is 12.9. The van der Waals surface area contributed by atoms with Gasteiger partial charge < -0.3 is 20.0 Å². The predicted octanol–water partition coefficient (Wildman–Crippen LogP) is 1.66. The minimum absolute atomic E-state index is 0.0272. The highest BCUT2D eigenvalue weighted by Gasteiger charge is 2.40. The molecule has 0 radical (unpaired) electrons. The number of imide groups is 1. The minimum atomic E-state index is -1.40. The van der Waals surface area contributed by atoms with Gasteiger partial charge in [0.25, 0.3) is 11.8 Å². The summed E-state index contributed by atoms with van der Waals surface area (Å²) in [6, 6.07) is 11.5. The van der Waals surface area contributed by atoms with Gasteiger partial charge in [0.1, 0.15) is 10.7 Å². The highest BCUT2D eigenvalue weighted by atomic mass is 35.5. The van der Waals surface area contributed by atoms with Gasteiger partial charge in [0, 0.05) is 5.69 Å². The molecule has 29 heavy (non-hydrogen) atoms. The third-order valence-electron chi connectivity index (χ3n) is 4.04. The molecule has 0 saturated heterocycles. The fourth-order valence-corrected chi connectivity index (χ4v) is 2.96. The first-order valence-electron chi connectivity index (χ1n) is 8.48. The molecular weight excluding hydrogens is 400 g/mol. The molecule has 3 rings (SSSR count). The Morgan fingerprint density at radius 1 is 1.10 bits per heavy atom. The second-order valence-corrected chi connectivity index (χ2v) is 6.24. The molecule has 2 amide bonds. The van der Waals surface area contributed by atoms with Crippen molar-refractivity contribution < 1.29 is 29.0 Å². The Morgan fingerprint density at radius 3 is 2.52 bits per heavy atom. The van der Waals surface area contributed by atoms with E-state index in [4.69, 9.17) is 16.3 Å². The van der Waals surface area contributed by atoms with E-state index in [1.54, 1.807) is 19.1 Å². The molecule has 0 unspecified atom stereocenters. The maximum Gasteiger partial charge on any atom is 0.340 e. The number of hydrogen-bond donors (Lipinski definition) is 1. The number of halogens is 1. The van der Waals surface area contributed by atoms with E-state index in [1.807, 2.05) is 0 Å². The number of carbonyl (C=O) groups is 4. The molecule has 0 fully saturated rings. The van der Waals surface area contributed by atoms with E-state index in [0.717, 1.165) is 4.90 Å². The van der Waals surface area contributed by atoms with Crippen LogP contribution >= 0.6 is 11.6 Å². The van der Waals surface area contributed by atoms with Crippen LogP contribution in [0.4, 0.5) is 11.4 Å². The quantitative estimate of drug-likeness (QED) is 0.565. The lowest BCUT2D eigenvalue weighted by atomic mass is 10.1. The van der Waals surface area contributed by atoms with Crippen LogP contribution in [-0.4, -0.2) is 30.4 Å². The number of carbonyl (C=O) groups excluding carboxylic acids is 4. The highest BCUT2D eigenvalue weighted by molar-refractivity contribution is 6.53. The smallest absolute Gasteiger partial charge is 0.340 e. The first kappa shape index (κ1) is 20.1. The molecule has 0 aliphatic carbocycles. The van der Waals surface area contributed by atoms with Crippen LogP contribution in [0.15, 0.2) is 59.3 Å². The summed E-state index contributed by atoms with van der Waals surface area (Å²) in [5.74, 6) is -3.71. The van der Waals surface area contributed by atoms with Crippen LogP contribution in [0.3, 0.4) is 0 Å². The number of nitrogens with one attached hydrogen (secondary N) is 1. The molecule has 2 aromatic carbocycles. The first-order valence-corrected chi connectivity index (χ1v) is 8.86. The van der Waals surface area contributed by atoms with Crippen molar-refractivity contribution in [2.45, 2.75) is 6.92 Å². The third-order valence-corrected chi connectivity index (χ3v) is 4.39. The number of hydrogen-bond acceptors (Lipinski definition) is 7. The van der Waals surface area contributed by atoms with E-state index in [1.165, 1.54) is 36.4 Å². The largest absolute Gasteiger partial charge is 0.545 e. The normalized spacial score (nSPS) is 13.7. The predicted molar refractivity (Wildman–Crippen MR) is 102 cm³/mol. The molecule has 9 heteroatoms. The van der Waals surface area contributed by atoms with Crippen LogP contribution in [0, 0.1) is 0 Å². The lowest BCUT2D eigenvalue weighted by Gasteiger charge is -2.18. The summed E-state index contributed by atoms with van der Waals surface area (Å²) in [7, 11) is 0. The van der Waals surface area contributed by atoms with Gasteiger partial charge in [0.15, 0.2) is 0 Å². The summed E-state index contributed by atoms with van der Waals surface area (Å²) in [6.07, 6.45) is 0. The summed E-state index contributed by atoms with van der Waals surface area (Å²) in [5, 5.41) is 13.3. The Morgan fingerprint density at radius 2 is 1.83 bits per heavy atom. The summed E-state index contributed by atoms with van der Waals surface area (Å²) >= 11 is 6.07. The van der Waals surface area contributed by atoms with Crippen molar-refractivity contribution >= 4 is 46.7 Å². The van der Waals surface area contributed by atoms with Gasteiger partial charge in [0.05, 0.1) is 23.8 Å². The minimum Gasteiger partial charge on any atom is -0.545 e. The van der Waals surface area contributed by atoms with E-state index in [9.17, 15) is 24.3 Å². The van der Waals surface area contributed by atoms with Crippen LogP contribution in [0.25, 0.3) is 0 Å². The number of carboxylic acid groups (broad SMARTS) is 1. The van der Waals surface area contributed by atoms with E-state index >= 15 is 0 Å². The number of anilines is 2. The Labute approximate surface area is 170 Å². The van der Waals surface area contributed by atoms with Crippen molar-refractivity contribution in [3.05, 3.63) is 70.4 Å². The number of aromatic carboxylic acids is 1. The number of nitrogens with zero attached hydrogens (tertiary/aromatic N) is 1. The molecule has 0 aromatic heterocycles. The monoisotopic (exact) mass is 413 g/mol. The number of esters is 1. The van der Waals surface area contributed by atoms with Gasteiger partial charge in [-0.1, -0.05) is 35.9 Å². The molecule has 2 aromatic rings.